The second kappa shape index (κ2) is 6.10. The Labute approximate surface area is 128 Å². The molecule has 4 nitrogen and oxygen atoms in total. The van der Waals surface area contributed by atoms with Crippen molar-refractivity contribution in [3.05, 3.63) is 18.2 Å². The summed E-state index contributed by atoms with van der Waals surface area (Å²) in [5.74, 6) is 0.686. The van der Waals surface area contributed by atoms with Crippen LogP contribution < -0.4 is 14.8 Å². The largest absolute Gasteiger partial charge is 0.494 e. The van der Waals surface area contributed by atoms with Crippen LogP contribution in [-0.4, -0.2) is 23.5 Å². The van der Waals surface area contributed by atoms with Crippen molar-refractivity contribution in [1.82, 2.24) is 0 Å². The zero-order valence-electron chi connectivity index (χ0n) is 11.4. The smallest absolute Gasteiger partial charge is 0.230 e. The third-order valence-corrected chi connectivity index (χ3v) is 3.80. The van der Waals surface area contributed by atoms with Gasteiger partial charge in [0.05, 0.1) is 24.8 Å². The zero-order valence-corrected chi connectivity index (χ0v) is 12.9. The predicted molar refractivity (Wildman–Crippen MR) is 80.0 cm³/mol. The van der Waals surface area contributed by atoms with E-state index in [9.17, 15) is 4.79 Å². The van der Waals surface area contributed by atoms with Crippen molar-refractivity contribution < 1.29 is 14.3 Å². The van der Waals surface area contributed by atoms with Gasteiger partial charge < -0.3 is 14.8 Å². The number of rotatable bonds is 6. The lowest BCUT2D eigenvalue weighted by Gasteiger charge is -2.13. The highest BCUT2D eigenvalue weighted by atomic mass is 35.5. The topological polar surface area (TPSA) is 47.6 Å². The fourth-order valence-corrected chi connectivity index (χ4v) is 2.37. The van der Waals surface area contributed by atoms with E-state index in [4.69, 9.17) is 32.7 Å². The Hall–Kier alpha value is -1.13. The Morgan fingerprint density at radius 3 is 2.55 bits per heavy atom. The van der Waals surface area contributed by atoms with Crippen molar-refractivity contribution in [1.29, 1.82) is 0 Å². The first kappa shape index (κ1) is 15.3. The van der Waals surface area contributed by atoms with Crippen molar-refractivity contribution in [3.8, 4) is 11.5 Å². The number of amides is 1. The minimum absolute atomic E-state index is 0.204. The van der Waals surface area contributed by atoms with Gasteiger partial charge in [-0.25, -0.2) is 0 Å². The van der Waals surface area contributed by atoms with Crippen LogP contribution in [-0.2, 0) is 4.79 Å². The Morgan fingerprint density at radius 2 is 2.00 bits per heavy atom. The number of ether oxygens (including phenoxy) is 2. The van der Waals surface area contributed by atoms with E-state index in [2.05, 4.69) is 5.32 Å². The highest BCUT2D eigenvalue weighted by Gasteiger charge is 2.56. The molecular formula is C14H17Cl2NO3. The second-order valence-electron chi connectivity index (χ2n) is 4.53. The Kier molecular flexibility index (Phi) is 4.66. The summed E-state index contributed by atoms with van der Waals surface area (Å²) in [6, 6.07) is 5.30. The molecule has 1 aliphatic rings. The van der Waals surface area contributed by atoms with Gasteiger partial charge in [-0.1, -0.05) is 0 Å². The minimum atomic E-state index is -0.937. The van der Waals surface area contributed by atoms with Gasteiger partial charge in [-0.05, 0) is 32.4 Å². The first-order valence-electron chi connectivity index (χ1n) is 6.56. The van der Waals surface area contributed by atoms with Crippen LogP contribution in [0.15, 0.2) is 18.2 Å². The SMILES string of the molecule is CCOc1ccc(OCC)c(NC(=O)C2CC2(Cl)Cl)c1. The van der Waals surface area contributed by atoms with Gasteiger partial charge in [-0.15, -0.1) is 23.2 Å². The molecule has 1 N–H and O–H groups in total. The van der Waals surface area contributed by atoms with Gasteiger partial charge >= 0.3 is 0 Å². The molecule has 0 aromatic heterocycles. The first-order chi connectivity index (χ1) is 9.47. The number of alkyl halides is 2. The zero-order chi connectivity index (χ0) is 14.8. The number of hydrogen-bond acceptors (Lipinski definition) is 3. The first-order valence-corrected chi connectivity index (χ1v) is 7.32. The van der Waals surface area contributed by atoms with Crippen LogP contribution in [0.4, 0.5) is 5.69 Å². The quantitative estimate of drug-likeness (QED) is 0.815. The highest BCUT2D eigenvalue weighted by Crippen LogP contribution is 2.53. The summed E-state index contributed by atoms with van der Waals surface area (Å²) in [6.45, 7) is 4.84. The lowest BCUT2D eigenvalue weighted by molar-refractivity contribution is -0.117. The van der Waals surface area contributed by atoms with Gasteiger partial charge in [0, 0.05) is 6.07 Å². The summed E-state index contributed by atoms with van der Waals surface area (Å²) in [5.41, 5.74) is 0.568. The summed E-state index contributed by atoms with van der Waals surface area (Å²) < 4.78 is 9.97. The van der Waals surface area contributed by atoms with Gasteiger partial charge in [-0.2, -0.15) is 0 Å². The molecule has 1 atom stereocenters. The maximum atomic E-state index is 12.0. The van der Waals surface area contributed by atoms with Gasteiger partial charge in [0.15, 0.2) is 0 Å². The van der Waals surface area contributed by atoms with E-state index in [0.29, 0.717) is 36.8 Å². The van der Waals surface area contributed by atoms with Crippen LogP contribution in [0.2, 0.25) is 0 Å². The van der Waals surface area contributed by atoms with Crippen molar-refractivity contribution in [2.75, 3.05) is 18.5 Å². The molecule has 2 rings (SSSR count). The van der Waals surface area contributed by atoms with Crippen molar-refractivity contribution in [2.45, 2.75) is 24.6 Å². The molecular weight excluding hydrogens is 301 g/mol. The average Bonchev–Trinajstić information content (AvgIpc) is 3.02. The lowest BCUT2D eigenvalue weighted by Crippen LogP contribution is -2.17. The molecule has 20 heavy (non-hydrogen) atoms. The fourth-order valence-electron chi connectivity index (χ4n) is 1.86. The molecule has 1 unspecified atom stereocenters. The molecule has 6 heteroatoms. The van der Waals surface area contributed by atoms with E-state index in [1.807, 2.05) is 13.8 Å². The molecule has 0 radical (unpaired) electrons. The molecule has 0 heterocycles. The molecule has 1 aliphatic carbocycles. The monoisotopic (exact) mass is 317 g/mol. The Balaban J connectivity index is 2.14. The van der Waals surface area contributed by atoms with Gasteiger partial charge in [0.25, 0.3) is 0 Å². The molecule has 0 bridgehead atoms. The van der Waals surface area contributed by atoms with Crippen LogP contribution in [0.1, 0.15) is 20.3 Å². The van der Waals surface area contributed by atoms with Crippen LogP contribution in [0.25, 0.3) is 0 Å². The molecule has 1 fully saturated rings. The van der Waals surface area contributed by atoms with Crippen LogP contribution in [0, 0.1) is 5.92 Å². The van der Waals surface area contributed by atoms with E-state index >= 15 is 0 Å². The maximum Gasteiger partial charge on any atom is 0.230 e. The van der Waals surface area contributed by atoms with Crippen molar-refractivity contribution in [3.63, 3.8) is 0 Å². The lowest BCUT2D eigenvalue weighted by atomic mass is 10.2. The number of anilines is 1. The molecule has 0 spiro atoms. The van der Waals surface area contributed by atoms with E-state index in [1.165, 1.54) is 0 Å². The normalized spacial score (nSPS) is 19.3. The molecule has 1 aromatic carbocycles. The molecule has 1 amide bonds. The third kappa shape index (κ3) is 3.49. The van der Waals surface area contributed by atoms with Gasteiger partial charge in [0.2, 0.25) is 5.91 Å². The summed E-state index contributed by atoms with van der Waals surface area (Å²) in [6.07, 6.45) is 0.469. The predicted octanol–water partition coefficient (Wildman–Crippen LogP) is 3.62. The van der Waals surface area contributed by atoms with Gasteiger partial charge in [-0.3, -0.25) is 4.79 Å². The van der Waals surface area contributed by atoms with Crippen molar-refractivity contribution in [2.24, 2.45) is 5.92 Å². The van der Waals surface area contributed by atoms with E-state index in [0.717, 1.165) is 0 Å². The fraction of sp³-hybridized carbons (Fsp3) is 0.500. The Bertz CT molecular complexity index is 505. The number of halogens is 2. The summed E-state index contributed by atoms with van der Waals surface area (Å²) in [4.78, 5) is 12.0. The van der Waals surface area contributed by atoms with E-state index in [-0.39, 0.29) is 11.8 Å². The average molecular weight is 318 g/mol. The molecule has 1 saturated carbocycles. The maximum absolute atomic E-state index is 12.0. The van der Waals surface area contributed by atoms with Crippen LogP contribution >= 0.6 is 23.2 Å². The van der Waals surface area contributed by atoms with E-state index in [1.54, 1.807) is 18.2 Å². The minimum Gasteiger partial charge on any atom is -0.494 e. The summed E-state index contributed by atoms with van der Waals surface area (Å²) in [5, 5.41) is 2.80. The van der Waals surface area contributed by atoms with Crippen LogP contribution in [0.3, 0.4) is 0 Å². The highest BCUT2D eigenvalue weighted by molar-refractivity contribution is 6.52. The number of carbonyl (C=O) groups excluding carboxylic acids is 1. The molecule has 0 saturated heterocycles. The van der Waals surface area contributed by atoms with Crippen molar-refractivity contribution >= 4 is 34.8 Å². The third-order valence-electron chi connectivity index (χ3n) is 2.96. The number of benzene rings is 1. The molecule has 0 aliphatic heterocycles. The number of hydrogen-bond donors (Lipinski definition) is 1. The molecule has 110 valence electrons. The number of carbonyl (C=O) groups is 1. The van der Waals surface area contributed by atoms with E-state index < -0.39 is 4.33 Å². The van der Waals surface area contributed by atoms with Gasteiger partial charge in [0.1, 0.15) is 15.8 Å². The number of nitrogens with one attached hydrogen (secondary N) is 1. The molecule has 1 aromatic rings. The standard InChI is InChI=1S/C14H17Cl2NO3/c1-3-19-9-5-6-12(20-4-2)11(7-9)17-13(18)10-8-14(10,15)16/h5-7,10H,3-4,8H2,1-2H3,(H,17,18). The second-order valence-corrected chi connectivity index (χ2v) is 6.07. The summed E-state index contributed by atoms with van der Waals surface area (Å²) in [7, 11) is 0. The summed E-state index contributed by atoms with van der Waals surface area (Å²) >= 11 is 11.8. The Morgan fingerprint density at radius 1 is 1.35 bits per heavy atom. The van der Waals surface area contributed by atoms with Crippen LogP contribution in [0.5, 0.6) is 11.5 Å².